The minimum atomic E-state index is -0.155. The predicted molar refractivity (Wildman–Crippen MR) is 71.7 cm³/mol. The van der Waals surface area contributed by atoms with Crippen LogP contribution >= 0.6 is 0 Å². The third-order valence-corrected chi connectivity index (χ3v) is 2.63. The fourth-order valence-corrected chi connectivity index (χ4v) is 1.60. The van der Waals surface area contributed by atoms with Gasteiger partial charge >= 0.3 is 0 Å². The third-order valence-electron chi connectivity index (χ3n) is 2.63. The van der Waals surface area contributed by atoms with Gasteiger partial charge in [-0.05, 0) is 43.2 Å². The lowest BCUT2D eigenvalue weighted by molar-refractivity contribution is 0.102. The van der Waals surface area contributed by atoms with Crippen LogP contribution in [0, 0.1) is 13.8 Å². The van der Waals surface area contributed by atoms with E-state index in [9.17, 15) is 4.79 Å². The molecule has 0 spiro atoms. The number of hydrogen-bond acceptors (Lipinski definition) is 3. The first-order chi connectivity index (χ1) is 8.66. The average molecular weight is 241 g/mol. The normalized spacial score (nSPS) is 10.8. The van der Waals surface area contributed by atoms with Crippen molar-refractivity contribution in [2.24, 2.45) is 0 Å². The Morgan fingerprint density at radius 3 is 2.83 bits per heavy atom. The van der Waals surface area contributed by atoms with Crippen LogP contribution < -0.4 is 5.32 Å². The van der Waals surface area contributed by atoms with Crippen LogP contribution in [0.2, 0.25) is 0 Å². The van der Waals surface area contributed by atoms with Crippen molar-refractivity contribution in [2.45, 2.75) is 13.8 Å². The Morgan fingerprint density at radius 2 is 2.11 bits per heavy atom. The number of benzene rings is 1. The summed E-state index contributed by atoms with van der Waals surface area (Å²) in [5.74, 6) is 0.187. The van der Waals surface area contributed by atoms with Gasteiger partial charge in [-0.3, -0.25) is 4.79 Å². The molecule has 18 heavy (non-hydrogen) atoms. The van der Waals surface area contributed by atoms with E-state index in [0.29, 0.717) is 5.76 Å². The monoisotopic (exact) mass is 241 g/mol. The molecule has 0 amide bonds. The number of hydrogen-bond donors (Lipinski definition) is 1. The van der Waals surface area contributed by atoms with Crippen molar-refractivity contribution in [1.82, 2.24) is 0 Å². The van der Waals surface area contributed by atoms with Crippen molar-refractivity contribution in [3.63, 3.8) is 0 Å². The fraction of sp³-hybridized carbons (Fsp3) is 0.133. The number of furan rings is 1. The third kappa shape index (κ3) is 2.88. The zero-order chi connectivity index (χ0) is 13.0. The maximum absolute atomic E-state index is 11.6. The van der Waals surface area contributed by atoms with Crippen molar-refractivity contribution >= 4 is 11.5 Å². The predicted octanol–water partition coefficient (Wildman–Crippen LogP) is 3.70. The Hall–Kier alpha value is -2.29. The van der Waals surface area contributed by atoms with Gasteiger partial charge in [0.15, 0.2) is 5.76 Å². The lowest BCUT2D eigenvalue weighted by atomic mass is 10.1. The second kappa shape index (κ2) is 5.36. The highest BCUT2D eigenvalue weighted by molar-refractivity contribution is 6.02. The van der Waals surface area contributed by atoms with Crippen molar-refractivity contribution in [3.05, 3.63) is 65.8 Å². The number of carbonyl (C=O) groups is 1. The molecule has 1 heterocycles. The molecule has 92 valence electrons. The van der Waals surface area contributed by atoms with E-state index in [1.807, 2.05) is 26.0 Å². The van der Waals surface area contributed by atoms with E-state index in [1.54, 1.807) is 18.3 Å². The Kier molecular flexibility index (Phi) is 3.63. The zero-order valence-corrected chi connectivity index (χ0v) is 10.4. The summed E-state index contributed by atoms with van der Waals surface area (Å²) in [6.45, 7) is 4.05. The lowest BCUT2D eigenvalue weighted by Crippen LogP contribution is -1.96. The highest BCUT2D eigenvalue weighted by atomic mass is 16.3. The first-order valence-electron chi connectivity index (χ1n) is 5.75. The molecule has 0 radical (unpaired) electrons. The second-order valence-electron chi connectivity index (χ2n) is 4.14. The smallest absolute Gasteiger partial charge is 0.222 e. The van der Waals surface area contributed by atoms with E-state index in [-0.39, 0.29) is 5.78 Å². The number of aryl methyl sites for hydroxylation is 2. The van der Waals surface area contributed by atoms with Gasteiger partial charge < -0.3 is 9.73 Å². The second-order valence-corrected chi connectivity index (χ2v) is 4.14. The molecule has 1 aromatic carbocycles. The van der Waals surface area contributed by atoms with Gasteiger partial charge in [0, 0.05) is 18.0 Å². The Balaban J connectivity index is 2.03. The molecule has 0 atom stereocenters. The summed E-state index contributed by atoms with van der Waals surface area (Å²) in [5, 5.41) is 3.10. The van der Waals surface area contributed by atoms with E-state index in [1.165, 1.54) is 17.9 Å². The van der Waals surface area contributed by atoms with Gasteiger partial charge in [-0.15, -0.1) is 0 Å². The molecule has 1 N–H and O–H groups in total. The van der Waals surface area contributed by atoms with Gasteiger partial charge in [-0.25, -0.2) is 0 Å². The van der Waals surface area contributed by atoms with Crippen molar-refractivity contribution in [2.75, 3.05) is 5.32 Å². The molecule has 2 rings (SSSR count). The molecule has 2 aromatic rings. The van der Waals surface area contributed by atoms with Gasteiger partial charge in [0.25, 0.3) is 0 Å². The Bertz CT molecular complexity index is 568. The van der Waals surface area contributed by atoms with Crippen molar-refractivity contribution in [3.8, 4) is 0 Å². The molecular formula is C15H15NO2. The van der Waals surface area contributed by atoms with E-state index in [0.717, 1.165) is 11.3 Å². The number of allylic oxidation sites excluding steroid dienone is 1. The molecular weight excluding hydrogens is 226 g/mol. The molecule has 0 bridgehead atoms. The van der Waals surface area contributed by atoms with Gasteiger partial charge in [-0.1, -0.05) is 12.1 Å². The Morgan fingerprint density at radius 1 is 1.28 bits per heavy atom. The van der Waals surface area contributed by atoms with Crippen LogP contribution in [0.5, 0.6) is 0 Å². The van der Waals surface area contributed by atoms with E-state index in [2.05, 4.69) is 11.4 Å². The summed E-state index contributed by atoms with van der Waals surface area (Å²) in [6.07, 6.45) is 4.58. The molecule has 0 aliphatic rings. The van der Waals surface area contributed by atoms with Gasteiger partial charge in [-0.2, -0.15) is 0 Å². The Labute approximate surface area is 106 Å². The number of ketones is 1. The number of nitrogens with one attached hydrogen (secondary N) is 1. The summed E-state index contributed by atoms with van der Waals surface area (Å²) >= 11 is 0. The molecule has 0 fully saturated rings. The lowest BCUT2D eigenvalue weighted by Gasteiger charge is -2.05. The molecule has 1 aromatic heterocycles. The maximum atomic E-state index is 11.6. The topological polar surface area (TPSA) is 42.2 Å². The number of anilines is 1. The summed E-state index contributed by atoms with van der Waals surface area (Å²) in [5.41, 5.74) is 3.31. The van der Waals surface area contributed by atoms with Gasteiger partial charge in [0.1, 0.15) is 0 Å². The highest BCUT2D eigenvalue weighted by Gasteiger charge is 2.03. The van der Waals surface area contributed by atoms with Crippen LogP contribution in [0.1, 0.15) is 21.7 Å². The largest absolute Gasteiger partial charge is 0.461 e. The van der Waals surface area contributed by atoms with E-state index < -0.39 is 0 Å². The van der Waals surface area contributed by atoms with Crippen molar-refractivity contribution < 1.29 is 9.21 Å². The van der Waals surface area contributed by atoms with Crippen LogP contribution in [0.3, 0.4) is 0 Å². The number of carbonyl (C=O) groups excluding carboxylic acids is 1. The van der Waals surface area contributed by atoms with Crippen LogP contribution in [0.25, 0.3) is 0 Å². The minimum Gasteiger partial charge on any atom is -0.461 e. The van der Waals surface area contributed by atoms with Crippen LogP contribution in [-0.2, 0) is 0 Å². The first-order valence-corrected chi connectivity index (χ1v) is 5.75. The van der Waals surface area contributed by atoms with Crippen LogP contribution in [-0.4, -0.2) is 5.78 Å². The van der Waals surface area contributed by atoms with Crippen LogP contribution in [0.15, 0.2) is 53.3 Å². The summed E-state index contributed by atoms with van der Waals surface area (Å²) in [7, 11) is 0. The molecule has 0 saturated heterocycles. The molecule has 3 heteroatoms. The standard InChI is InChI=1S/C15H15NO2/c1-11-5-6-12(2)13(10-11)16-8-7-14(17)15-4-3-9-18-15/h3-10,16H,1-2H3/b8-7+. The SMILES string of the molecule is Cc1ccc(C)c(N/C=C/C(=O)c2ccco2)c1. The van der Waals surface area contributed by atoms with Crippen molar-refractivity contribution in [1.29, 1.82) is 0 Å². The fourth-order valence-electron chi connectivity index (χ4n) is 1.60. The maximum Gasteiger partial charge on any atom is 0.222 e. The zero-order valence-electron chi connectivity index (χ0n) is 10.4. The van der Waals surface area contributed by atoms with Gasteiger partial charge in [0.2, 0.25) is 5.78 Å². The molecule has 0 unspecified atom stereocenters. The highest BCUT2D eigenvalue weighted by Crippen LogP contribution is 2.16. The molecule has 3 nitrogen and oxygen atoms in total. The summed E-state index contributed by atoms with van der Waals surface area (Å²) < 4.78 is 5.01. The average Bonchev–Trinajstić information content (AvgIpc) is 2.87. The minimum absolute atomic E-state index is 0.155. The molecule has 0 aliphatic carbocycles. The molecule has 0 saturated carbocycles. The summed E-state index contributed by atoms with van der Waals surface area (Å²) in [4.78, 5) is 11.6. The molecule has 0 aliphatic heterocycles. The quantitative estimate of drug-likeness (QED) is 0.655. The number of rotatable bonds is 4. The van der Waals surface area contributed by atoms with E-state index in [4.69, 9.17) is 4.42 Å². The van der Waals surface area contributed by atoms with Crippen LogP contribution in [0.4, 0.5) is 5.69 Å². The van der Waals surface area contributed by atoms with E-state index >= 15 is 0 Å². The first kappa shape index (κ1) is 12.2. The summed E-state index contributed by atoms with van der Waals surface area (Å²) in [6, 6.07) is 9.47. The van der Waals surface area contributed by atoms with Gasteiger partial charge in [0.05, 0.1) is 6.26 Å².